The van der Waals surface area contributed by atoms with Crippen molar-refractivity contribution >= 4 is 67.4 Å². The lowest BCUT2D eigenvalue weighted by Gasteiger charge is -2.16. The molecule has 0 radical (unpaired) electrons. The number of aliphatic imine (C=N–C) groups is 2. The van der Waals surface area contributed by atoms with Gasteiger partial charge in [-0.2, -0.15) is 36.2 Å². The quantitative estimate of drug-likeness (QED) is 0.0407. The highest BCUT2D eigenvalue weighted by Gasteiger charge is 2.28. The molecule has 2 aromatic rings. The topological polar surface area (TPSA) is 252 Å². The van der Waals surface area contributed by atoms with Gasteiger partial charge in [0.15, 0.2) is 0 Å². The third kappa shape index (κ3) is 32.3. The zero-order valence-corrected chi connectivity index (χ0v) is 58.8. The molecule has 4 rings (SSSR count). The van der Waals surface area contributed by atoms with Crippen LogP contribution in [0.4, 0.5) is 0 Å². The summed E-state index contributed by atoms with van der Waals surface area (Å²) in [6.45, 7) is 61.0. The average Bonchev–Trinajstić information content (AvgIpc) is 4.09. The van der Waals surface area contributed by atoms with Crippen LogP contribution in [0.2, 0.25) is 0 Å². The monoisotopic (exact) mass is 1200 g/mol. The first kappa shape index (κ1) is 83.6. The normalized spacial score (nSPS) is 13.5. The largest absolute Gasteiger partial charge is 0.363 e. The molecule has 0 atom stereocenters. The molecule has 1 aromatic heterocycles. The maximum atomic E-state index is 11.1. The smallest absolute Gasteiger partial charge is 0.297 e. The minimum atomic E-state index is -3.56. The zero-order chi connectivity index (χ0) is 65.4. The molecule has 20 heteroatoms. The van der Waals surface area contributed by atoms with Gasteiger partial charge in [0.1, 0.15) is 0 Å². The van der Waals surface area contributed by atoms with E-state index >= 15 is 0 Å². The van der Waals surface area contributed by atoms with Crippen LogP contribution in [0, 0.1) is 80.7 Å². The molecule has 2 aliphatic rings. The second-order valence-electron chi connectivity index (χ2n) is 24.1. The van der Waals surface area contributed by atoms with Gasteiger partial charge in [0.25, 0.3) is 11.2 Å². The van der Waals surface area contributed by atoms with Crippen LogP contribution < -0.4 is 10.9 Å². The van der Waals surface area contributed by atoms with Gasteiger partial charge < -0.3 is 0 Å². The number of nitriles is 1. The number of hydrogen-bond acceptors (Lipinski definition) is 13. The maximum absolute atomic E-state index is 11.1. The molecule has 3 heterocycles. The lowest BCUT2D eigenvalue weighted by Crippen LogP contribution is -2.41. The molecule has 17 nitrogen and oxygen atoms in total. The molecule has 2 aliphatic heterocycles. The van der Waals surface area contributed by atoms with Gasteiger partial charge in [0.2, 0.25) is 23.3 Å². The van der Waals surface area contributed by atoms with Crippen LogP contribution in [0.15, 0.2) is 61.1 Å². The number of aromatic nitrogens is 2. The first-order valence-electron chi connectivity index (χ1n) is 29.0. The van der Waals surface area contributed by atoms with Crippen LogP contribution >= 0.6 is 11.7 Å². The van der Waals surface area contributed by atoms with Gasteiger partial charge >= 0.3 is 10.2 Å². The van der Waals surface area contributed by atoms with E-state index in [0.29, 0.717) is 58.8 Å². The van der Waals surface area contributed by atoms with Gasteiger partial charge in [-0.15, -0.1) is 8.80 Å². The Morgan fingerprint density at radius 1 is 0.537 bits per heavy atom. The second-order valence-corrected chi connectivity index (χ2v) is 26.8. The van der Waals surface area contributed by atoms with Gasteiger partial charge in [-0.1, -0.05) is 206 Å². The molecule has 0 aliphatic carbocycles. The molecular weight excluding hydrogens is 1090 g/mol. The number of hydrogen-bond donors (Lipinski definition) is 0. The van der Waals surface area contributed by atoms with Gasteiger partial charge in [0, 0.05) is 35.2 Å². The van der Waals surface area contributed by atoms with Crippen molar-refractivity contribution in [2.24, 2.45) is 86.8 Å². The van der Waals surface area contributed by atoms with Crippen LogP contribution in [-0.4, -0.2) is 67.6 Å². The molecular formula is C62H110N10O7S3. The first-order valence-corrected chi connectivity index (χ1v) is 32.2. The molecule has 0 spiro atoms. The lowest BCUT2D eigenvalue weighted by atomic mass is 9.85. The van der Waals surface area contributed by atoms with Crippen molar-refractivity contribution in [3.63, 3.8) is 0 Å². The maximum Gasteiger partial charge on any atom is 0.363 e. The number of allylic oxidation sites excluding steroid dienone is 3. The summed E-state index contributed by atoms with van der Waals surface area (Å²) < 4.78 is 56.9. The Morgan fingerprint density at radius 3 is 1.00 bits per heavy atom. The highest BCUT2D eigenvalue weighted by molar-refractivity contribution is 7.89. The highest BCUT2D eigenvalue weighted by atomic mass is 32.2. The van der Waals surface area contributed by atoms with E-state index < -0.39 is 21.4 Å². The van der Waals surface area contributed by atoms with Crippen molar-refractivity contribution in [3.05, 3.63) is 77.0 Å². The second kappa shape index (κ2) is 42.0. The fourth-order valence-corrected chi connectivity index (χ4v) is 11.0. The fourth-order valence-electron chi connectivity index (χ4n) is 8.08. The van der Waals surface area contributed by atoms with Crippen LogP contribution in [0.5, 0.6) is 0 Å². The van der Waals surface area contributed by atoms with Crippen molar-refractivity contribution in [1.29, 1.82) is 5.26 Å². The van der Waals surface area contributed by atoms with E-state index in [0.717, 1.165) is 40.0 Å². The van der Waals surface area contributed by atoms with Gasteiger partial charge in [-0.25, -0.2) is 4.21 Å². The summed E-state index contributed by atoms with van der Waals surface area (Å²) in [6.07, 6.45) is 6.94. The molecule has 0 unspecified atom stereocenters. The number of nitro groups is 1. The predicted octanol–water partition coefficient (Wildman–Crippen LogP) is 16.2. The summed E-state index contributed by atoms with van der Waals surface area (Å²) >= 11 is -0.0253. The molecule has 0 amide bonds. The Morgan fingerprint density at radius 2 is 0.841 bits per heavy atom. The number of nitrogens with zero attached hydrogens (tertiary/aromatic N) is 10. The Kier molecular flexibility index (Phi) is 42.8. The summed E-state index contributed by atoms with van der Waals surface area (Å²) in [5.74, 6) is 4.76. The van der Waals surface area contributed by atoms with Crippen LogP contribution in [0.25, 0.3) is 0 Å². The summed E-state index contributed by atoms with van der Waals surface area (Å²) in [5.41, 5.74) is 9.52. The Hall–Kier alpha value is -4.87. The average molecular weight is 1200 g/mol. The van der Waals surface area contributed by atoms with Crippen molar-refractivity contribution in [1.82, 2.24) is 8.75 Å². The van der Waals surface area contributed by atoms with Crippen LogP contribution in [0.1, 0.15) is 254 Å². The molecule has 468 valence electrons. The molecule has 0 saturated carbocycles. The molecule has 0 bridgehead atoms. The van der Waals surface area contributed by atoms with Crippen molar-refractivity contribution in [3.8, 4) is 6.19 Å². The fraction of sp³-hybridized carbons (Fsp3) is 0.726. The zero-order valence-electron chi connectivity index (χ0n) is 56.4. The van der Waals surface area contributed by atoms with Crippen molar-refractivity contribution in [2.75, 3.05) is 7.05 Å². The summed E-state index contributed by atoms with van der Waals surface area (Å²) in [5, 5.41) is 18.4. The minimum Gasteiger partial charge on any atom is -0.297 e. The Labute approximate surface area is 504 Å². The minimum absolute atomic E-state index is 0.110. The molecule has 0 fully saturated rings. The van der Waals surface area contributed by atoms with Crippen LogP contribution in [-0.2, 0) is 21.4 Å². The predicted molar refractivity (Wildman–Crippen MR) is 355 cm³/mol. The van der Waals surface area contributed by atoms with E-state index in [1.807, 2.05) is 150 Å². The molecule has 0 N–H and O–H groups in total. The first-order chi connectivity index (χ1) is 37.5. The summed E-state index contributed by atoms with van der Waals surface area (Å²) in [6, 6.07) is 0. The molecule has 0 saturated heterocycles. The van der Waals surface area contributed by atoms with E-state index in [-0.39, 0.29) is 51.3 Å². The van der Waals surface area contributed by atoms with Gasteiger partial charge in [0.05, 0.1) is 50.9 Å². The highest BCUT2D eigenvalue weighted by Crippen LogP contribution is 2.24. The summed E-state index contributed by atoms with van der Waals surface area (Å²) in [7, 11) is -1.69. The third-order valence-electron chi connectivity index (χ3n) is 12.0. The molecule has 82 heavy (non-hydrogen) atoms. The van der Waals surface area contributed by atoms with Gasteiger partial charge in [-0.3, -0.25) is 24.7 Å². The van der Waals surface area contributed by atoms with Crippen molar-refractivity contribution in [2.45, 2.75) is 231 Å². The SMILES string of the molecule is CC(C)C(=C[N+](=O)[O-])C(C)C.CC(C)C(=NC#N)C(C)C.CC(C)C1=NS(=O)(=O)N=C1C(C)C.CC(C)C1=NS(=O)N=C1C(C)C.CC(C)c1c(C(C)C)c(=O)c1=O.CC(C)c1nsnc1C(C)C.CC=CC.CN=C(C(C)C)C(C)C. The Balaban J connectivity index is -0.000000429. The number of rotatable bonds is 15. The van der Waals surface area contributed by atoms with Crippen molar-refractivity contribution < 1.29 is 17.6 Å². The van der Waals surface area contributed by atoms with E-state index in [2.05, 4.69) is 119 Å². The molecule has 1 aromatic carbocycles. The summed E-state index contributed by atoms with van der Waals surface area (Å²) in [4.78, 5) is 39.9. The third-order valence-corrected chi connectivity index (χ3v) is 14.1. The van der Waals surface area contributed by atoms with E-state index in [1.54, 1.807) is 0 Å². The van der Waals surface area contributed by atoms with Gasteiger partial charge in [-0.05, 0) is 96.7 Å². The van der Waals surface area contributed by atoms with E-state index in [1.165, 1.54) is 28.8 Å². The standard InChI is InChI=1S/C10H14O2.C8H14N2O2S.C8H14N2OS.C8H14N2S.C8H14N2.C8H15NO2.C8H17N.C4H8/c1-5(2)7-8(6(3)4)10(12)9(7)11;1-5(2)7-8(6(3)4)10-13(11,12)9-7;1-5(2)7-8(6(3)4)10-12(11)9-7;1-5(2)7-8(6(3)4)10-11-9-7;1-6(2)8(7(3)4)10-5-9;1-6(2)8(7(3)4)5-9(10)11;1-6(2)8(9-5)7(3)4;1-3-4-2/h5-6H,1-4H3;5-6H,1-4H3;5-6H,1-4H3;5-6H,1-4H3;6-7H,1-4H3;5-7H,1-4H3;6-7H,1-5H3;3-4H,1-2H3. The van der Waals surface area contributed by atoms with E-state index in [4.69, 9.17) is 5.26 Å². The Bertz CT molecular complexity index is 2580. The van der Waals surface area contributed by atoms with E-state index in [9.17, 15) is 32.3 Å². The lowest BCUT2D eigenvalue weighted by molar-refractivity contribution is -0.404. The van der Waals surface area contributed by atoms with Crippen LogP contribution in [0.3, 0.4) is 0 Å².